The summed E-state index contributed by atoms with van der Waals surface area (Å²) in [5, 5.41) is 18.8. The molecule has 1 heterocycles. The van der Waals surface area contributed by atoms with Crippen LogP contribution in [0.15, 0.2) is 65.1 Å². The number of ether oxygens (including phenoxy) is 1. The maximum atomic E-state index is 9.42. The molecule has 0 aliphatic heterocycles. The molecule has 0 aliphatic rings. The monoisotopic (exact) mass is 401 g/mol. The molecule has 0 bridgehead atoms. The second kappa shape index (κ2) is 9.26. The summed E-state index contributed by atoms with van der Waals surface area (Å²) in [6.45, 7) is 1.45. The standard InChI is InChI=1S/C22H24ClNO4/c1-16-2-11-21(27-16)18-5-9-20(10-6-18)28-19-7-3-17(4-8-19)12-13-22(14-25,15-26)24-23/h2-11,24-26H,12-15H2,1H3. The molecule has 0 fully saturated rings. The van der Waals surface area contributed by atoms with Gasteiger partial charge in [0.1, 0.15) is 23.0 Å². The molecule has 3 N–H and O–H groups in total. The van der Waals surface area contributed by atoms with E-state index in [9.17, 15) is 10.2 Å². The third kappa shape index (κ3) is 4.94. The minimum Gasteiger partial charge on any atom is -0.461 e. The number of hydrogen-bond donors (Lipinski definition) is 3. The second-order valence-corrected chi connectivity index (χ2v) is 7.06. The van der Waals surface area contributed by atoms with Crippen molar-refractivity contribution in [2.75, 3.05) is 13.2 Å². The minimum atomic E-state index is -0.884. The van der Waals surface area contributed by atoms with Gasteiger partial charge in [-0.2, -0.15) is 0 Å². The van der Waals surface area contributed by atoms with E-state index in [1.54, 1.807) is 0 Å². The van der Waals surface area contributed by atoms with E-state index in [0.29, 0.717) is 12.8 Å². The molecule has 2 aromatic carbocycles. The third-order valence-electron chi connectivity index (χ3n) is 4.74. The Labute approximate surface area is 169 Å². The van der Waals surface area contributed by atoms with Crippen LogP contribution in [0, 0.1) is 6.92 Å². The van der Waals surface area contributed by atoms with Crippen LogP contribution in [-0.4, -0.2) is 29.0 Å². The third-order valence-corrected chi connectivity index (χ3v) is 5.14. The van der Waals surface area contributed by atoms with E-state index in [0.717, 1.165) is 34.1 Å². The van der Waals surface area contributed by atoms with Crippen molar-refractivity contribution in [2.24, 2.45) is 0 Å². The smallest absolute Gasteiger partial charge is 0.134 e. The Balaban J connectivity index is 1.59. The largest absolute Gasteiger partial charge is 0.461 e. The molecule has 0 atom stereocenters. The van der Waals surface area contributed by atoms with Crippen LogP contribution in [0.1, 0.15) is 17.7 Å². The molecule has 0 saturated carbocycles. The SMILES string of the molecule is Cc1ccc(-c2ccc(Oc3ccc(CCC(CO)(CO)NCl)cc3)cc2)o1. The zero-order valence-corrected chi connectivity index (χ0v) is 16.4. The quantitative estimate of drug-likeness (QED) is 0.462. The Bertz CT molecular complexity index is 862. The normalized spacial score (nSPS) is 11.6. The zero-order chi connectivity index (χ0) is 20.0. The van der Waals surface area contributed by atoms with Gasteiger partial charge in [0.25, 0.3) is 0 Å². The van der Waals surface area contributed by atoms with Crippen LogP contribution in [0.4, 0.5) is 0 Å². The number of nitrogens with one attached hydrogen (secondary N) is 1. The lowest BCUT2D eigenvalue weighted by Crippen LogP contribution is -2.47. The molecule has 148 valence electrons. The molecule has 5 nitrogen and oxygen atoms in total. The molecular formula is C22H24ClNO4. The molecular weight excluding hydrogens is 378 g/mol. The Hall–Kier alpha value is -2.31. The summed E-state index contributed by atoms with van der Waals surface area (Å²) < 4.78 is 11.5. The van der Waals surface area contributed by atoms with Crippen molar-refractivity contribution in [3.63, 3.8) is 0 Å². The lowest BCUT2D eigenvalue weighted by atomic mass is 9.94. The van der Waals surface area contributed by atoms with Gasteiger partial charge in [-0.05, 0) is 85.6 Å². The molecule has 6 heteroatoms. The van der Waals surface area contributed by atoms with Crippen LogP contribution in [0.3, 0.4) is 0 Å². The van der Waals surface area contributed by atoms with E-state index in [1.165, 1.54) is 0 Å². The topological polar surface area (TPSA) is 74.9 Å². The predicted molar refractivity (Wildman–Crippen MR) is 110 cm³/mol. The van der Waals surface area contributed by atoms with Crippen molar-refractivity contribution >= 4 is 11.8 Å². The van der Waals surface area contributed by atoms with E-state index in [2.05, 4.69) is 4.84 Å². The van der Waals surface area contributed by atoms with Gasteiger partial charge >= 0.3 is 0 Å². The minimum absolute atomic E-state index is 0.234. The lowest BCUT2D eigenvalue weighted by molar-refractivity contribution is 0.103. The number of benzene rings is 2. The van der Waals surface area contributed by atoms with Crippen LogP contribution < -0.4 is 9.57 Å². The lowest BCUT2D eigenvalue weighted by Gasteiger charge is -2.27. The summed E-state index contributed by atoms with van der Waals surface area (Å²) in [6.07, 6.45) is 1.18. The highest BCUT2D eigenvalue weighted by molar-refractivity contribution is 6.13. The van der Waals surface area contributed by atoms with E-state index in [-0.39, 0.29) is 13.2 Å². The van der Waals surface area contributed by atoms with Crippen molar-refractivity contribution in [1.29, 1.82) is 0 Å². The van der Waals surface area contributed by atoms with E-state index in [1.807, 2.05) is 67.6 Å². The van der Waals surface area contributed by atoms with Gasteiger partial charge in [0.15, 0.2) is 0 Å². The molecule has 3 aromatic rings. The van der Waals surface area contributed by atoms with Gasteiger partial charge < -0.3 is 19.4 Å². The fourth-order valence-corrected chi connectivity index (χ4v) is 3.05. The van der Waals surface area contributed by atoms with E-state index >= 15 is 0 Å². The number of aliphatic hydroxyl groups is 2. The summed E-state index contributed by atoms with van der Waals surface area (Å²) in [6, 6.07) is 19.3. The molecule has 3 rings (SSSR count). The average molecular weight is 402 g/mol. The summed E-state index contributed by atoms with van der Waals surface area (Å²) in [5.74, 6) is 3.19. The van der Waals surface area contributed by atoms with Crippen LogP contribution >= 0.6 is 11.8 Å². The Morgan fingerprint density at radius 3 is 2.04 bits per heavy atom. The fraction of sp³-hybridized carbons (Fsp3) is 0.273. The second-order valence-electron chi connectivity index (χ2n) is 6.87. The molecule has 28 heavy (non-hydrogen) atoms. The highest BCUT2D eigenvalue weighted by Crippen LogP contribution is 2.27. The van der Waals surface area contributed by atoms with Crippen LogP contribution in [0.25, 0.3) is 11.3 Å². The Kier molecular flexibility index (Phi) is 6.75. The number of aryl methyl sites for hydroxylation is 2. The molecule has 0 radical (unpaired) electrons. The molecule has 0 spiro atoms. The first-order valence-electron chi connectivity index (χ1n) is 9.11. The summed E-state index contributed by atoms with van der Waals surface area (Å²) in [4.78, 5) is 2.49. The number of rotatable bonds is 9. The molecule has 0 amide bonds. The fourth-order valence-electron chi connectivity index (χ4n) is 2.84. The molecule has 1 aromatic heterocycles. The number of aliphatic hydroxyl groups excluding tert-OH is 2. The van der Waals surface area contributed by atoms with Gasteiger partial charge in [-0.15, -0.1) is 0 Å². The number of hydrogen-bond acceptors (Lipinski definition) is 5. The Morgan fingerprint density at radius 1 is 0.929 bits per heavy atom. The Morgan fingerprint density at radius 2 is 1.54 bits per heavy atom. The number of furan rings is 1. The molecule has 0 unspecified atom stereocenters. The van der Waals surface area contributed by atoms with Gasteiger partial charge in [-0.3, -0.25) is 0 Å². The van der Waals surface area contributed by atoms with Gasteiger partial charge in [0, 0.05) is 5.56 Å². The highest BCUT2D eigenvalue weighted by Gasteiger charge is 2.27. The maximum absolute atomic E-state index is 9.42. The average Bonchev–Trinajstić information content (AvgIpc) is 3.17. The number of halogens is 1. The van der Waals surface area contributed by atoms with E-state index < -0.39 is 5.54 Å². The van der Waals surface area contributed by atoms with Gasteiger partial charge in [-0.1, -0.05) is 12.1 Å². The van der Waals surface area contributed by atoms with Gasteiger partial charge in [-0.25, -0.2) is 4.84 Å². The maximum Gasteiger partial charge on any atom is 0.134 e. The first-order valence-corrected chi connectivity index (χ1v) is 9.48. The van der Waals surface area contributed by atoms with Gasteiger partial charge in [0.05, 0.1) is 18.8 Å². The van der Waals surface area contributed by atoms with Crippen molar-refractivity contribution in [1.82, 2.24) is 4.84 Å². The van der Waals surface area contributed by atoms with Crippen LogP contribution in [0.2, 0.25) is 0 Å². The first kappa shape index (κ1) is 20.4. The molecule has 0 aliphatic carbocycles. The molecule has 0 saturated heterocycles. The van der Waals surface area contributed by atoms with E-state index in [4.69, 9.17) is 20.9 Å². The first-order chi connectivity index (χ1) is 13.6. The zero-order valence-electron chi connectivity index (χ0n) is 15.7. The highest BCUT2D eigenvalue weighted by atomic mass is 35.5. The van der Waals surface area contributed by atoms with Gasteiger partial charge in [0.2, 0.25) is 0 Å². The van der Waals surface area contributed by atoms with Crippen molar-refractivity contribution < 1.29 is 19.4 Å². The van der Waals surface area contributed by atoms with Crippen molar-refractivity contribution in [3.8, 4) is 22.8 Å². The summed E-state index contributed by atoms with van der Waals surface area (Å²) in [5.41, 5.74) is 1.18. The van der Waals surface area contributed by atoms with Crippen LogP contribution in [0.5, 0.6) is 11.5 Å². The summed E-state index contributed by atoms with van der Waals surface area (Å²) >= 11 is 5.66. The van der Waals surface area contributed by atoms with Crippen LogP contribution in [-0.2, 0) is 6.42 Å². The van der Waals surface area contributed by atoms with Crippen molar-refractivity contribution in [3.05, 3.63) is 72.0 Å². The predicted octanol–water partition coefficient (Wildman–Crippen LogP) is 4.45. The summed E-state index contributed by atoms with van der Waals surface area (Å²) in [7, 11) is 0. The van der Waals surface area contributed by atoms with Crippen molar-refractivity contribution in [2.45, 2.75) is 25.3 Å².